The Balaban J connectivity index is 2.70. The van der Waals surface area contributed by atoms with Gasteiger partial charge in [0, 0.05) is 0 Å². The number of nitrogens with one attached hydrogen (secondary N) is 1. The van der Waals surface area contributed by atoms with E-state index in [1.54, 1.807) is 17.8 Å². The highest BCUT2D eigenvalue weighted by Gasteiger charge is 2.08. The van der Waals surface area contributed by atoms with Crippen molar-refractivity contribution < 1.29 is 0 Å². The lowest BCUT2D eigenvalue weighted by atomic mass is 10.5. The highest BCUT2D eigenvalue weighted by molar-refractivity contribution is 7.99. The van der Waals surface area contributed by atoms with Crippen molar-refractivity contribution >= 4 is 11.8 Å². The van der Waals surface area contributed by atoms with Gasteiger partial charge < -0.3 is 5.43 Å². The van der Waals surface area contributed by atoms with Crippen molar-refractivity contribution in [2.24, 2.45) is 0 Å². The summed E-state index contributed by atoms with van der Waals surface area (Å²) in [5, 5.41) is 0.962. The van der Waals surface area contributed by atoms with Crippen molar-refractivity contribution in [2.45, 2.75) is 5.03 Å². The molecule has 0 aliphatic carbocycles. The molecule has 1 radical (unpaired) electrons. The molecule has 1 aromatic heterocycles. The number of hydrogen-bond acceptors (Lipinski definition) is 3. The van der Waals surface area contributed by atoms with Gasteiger partial charge in [0.05, 0.1) is 11.9 Å². The molecule has 10 heavy (non-hydrogen) atoms. The summed E-state index contributed by atoms with van der Waals surface area (Å²) in [7, 11) is 0. The van der Waals surface area contributed by atoms with E-state index in [1.165, 1.54) is 4.68 Å². The Kier molecular flexibility index (Phi) is 1.20. The van der Waals surface area contributed by atoms with Gasteiger partial charge in [0.2, 0.25) is 0 Å². The molecule has 1 aromatic rings. The molecule has 1 N–H and O–H groups in total. The SMILES string of the molecule is O=c1[c]ccc2n1NCS2. The van der Waals surface area contributed by atoms with Crippen molar-refractivity contribution in [2.75, 3.05) is 11.3 Å². The van der Waals surface area contributed by atoms with Gasteiger partial charge in [0.1, 0.15) is 5.03 Å². The van der Waals surface area contributed by atoms with E-state index in [2.05, 4.69) is 11.5 Å². The minimum absolute atomic E-state index is 0.109. The summed E-state index contributed by atoms with van der Waals surface area (Å²) in [6.07, 6.45) is 0. The second-order valence-corrected chi connectivity index (χ2v) is 2.90. The number of aromatic nitrogens is 1. The first-order chi connectivity index (χ1) is 4.88. The molecule has 4 heteroatoms. The van der Waals surface area contributed by atoms with E-state index < -0.39 is 0 Å². The van der Waals surface area contributed by atoms with Gasteiger partial charge in [-0.2, -0.15) is 0 Å². The lowest BCUT2D eigenvalue weighted by Gasteiger charge is -1.97. The number of fused-ring (bicyclic) bond motifs is 1. The molecular formula is C6H5N2OS. The molecule has 1 aliphatic rings. The standard InChI is InChI=1S/C6H5N2OS/c9-5-2-1-3-6-8(5)7-4-10-6/h1,3,7H,4H2. The Morgan fingerprint density at radius 2 is 2.70 bits per heavy atom. The summed E-state index contributed by atoms with van der Waals surface area (Å²) in [5.41, 5.74) is 2.80. The molecule has 0 unspecified atom stereocenters. The van der Waals surface area contributed by atoms with Crippen molar-refractivity contribution in [3.05, 3.63) is 28.6 Å². The third-order valence-electron chi connectivity index (χ3n) is 1.30. The summed E-state index contributed by atoms with van der Waals surface area (Å²) < 4.78 is 1.50. The molecule has 0 amide bonds. The molecule has 1 aliphatic heterocycles. The van der Waals surface area contributed by atoms with Crippen molar-refractivity contribution in [3.63, 3.8) is 0 Å². The summed E-state index contributed by atoms with van der Waals surface area (Å²) in [6.45, 7) is 0. The Bertz CT molecular complexity index is 307. The lowest BCUT2D eigenvalue weighted by Crippen LogP contribution is -2.24. The van der Waals surface area contributed by atoms with E-state index in [4.69, 9.17) is 0 Å². The smallest absolute Gasteiger partial charge is 0.277 e. The van der Waals surface area contributed by atoms with Gasteiger partial charge >= 0.3 is 0 Å². The van der Waals surface area contributed by atoms with E-state index in [0.29, 0.717) is 0 Å². The van der Waals surface area contributed by atoms with Crippen LogP contribution in [0.3, 0.4) is 0 Å². The number of rotatable bonds is 0. The van der Waals surface area contributed by atoms with Crippen LogP contribution in [0.1, 0.15) is 0 Å². The van der Waals surface area contributed by atoms with Crippen LogP contribution in [0.4, 0.5) is 0 Å². The molecule has 0 fully saturated rings. The summed E-state index contributed by atoms with van der Waals surface area (Å²) in [6, 6.07) is 6.08. The van der Waals surface area contributed by atoms with Crippen LogP contribution in [0.25, 0.3) is 0 Å². The van der Waals surface area contributed by atoms with E-state index in [0.717, 1.165) is 10.9 Å². The lowest BCUT2D eigenvalue weighted by molar-refractivity contribution is 0.798. The number of hydrogen-bond donors (Lipinski definition) is 1. The van der Waals surface area contributed by atoms with E-state index in [9.17, 15) is 4.79 Å². The Morgan fingerprint density at radius 3 is 3.50 bits per heavy atom. The Morgan fingerprint density at radius 1 is 1.80 bits per heavy atom. The third-order valence-corrected chi connectivity index (χ3v) is 2.19. The summed E-state index contributed by atoms with van der Waals surface area (Å²) in [4.78, 5) is 10.9. The van der Waals surface area contributed by atoms with Crippen LogP contribution in [0.2, 0.25) is 0 Å². The van der Waals surface area contributed by atoms with Crippen LogP contribution in [-0.2, 0) is 0 Å². The molecule has 2 heterocycles. The maximum atomic E-state index is 10.9. The number of nitrogens with zero attached hydrogens (tertiary/aromatic N) is 1. The molecule has 0 spiro atoms. The Labute approximate surface area is 62.0 Å². The van der Waals surface area contributed by atoms with Crippen LogP contribution < -0.4 is 11.0 Å². The minimum atomic E-state index is -0.109. The fourth-order valence-corrected chi connectivity index (χ4v) is 1.64. The zero-order valence-electron chi connectivity index (χ0n) is 5.13. The van der Waals surface area contributed by atoms with Gasteiger partial charge in [-0.3, -0.25) is 4.79 Å². The van der Waals surface area contributed by atoms with E-state index in [1.807, 2.05) is 6.07 Å². The van der Waals surface area contributed by atoms with E-state index >= 15 is 0 Å². The van der Waals surface area contributed by atoms with Crippen LogP contribution >= 0.6 is 11.8 Å². The molecular weight excluding hydrogens is 148 g/mol. The maximum Gasteiger partial charge on any atom is 0.277 e. The number of pyridine rings is 1. The molecule has 0 aromatic carbocycles. The second kappa shape index (κ2) is 2.05. The highest BCUT2D eigenvalue weighted by atomic mass is 32.2. The largest absolute Gasteiger partial charge is 0.312 e. The zero-order valence-corrected chi connectivity index (χ0v) is 5.94. The monoisotopic (exact) mass is 153 g/mol. The molecule has 3 nitrogen and oxygen atoms in total. The van der Waals surface area contributed by atoms with Crippen LogP contribution in [-0.4, -0.2) is 10.6 Å². The normalized spacial score (nSPS) is 14.4. The van der Waals surface area contributed by atoms with Crippen LogP contribution in [0.15, 0.2) is 22.0 Å². The Hall–Kier alpha value is -0.900. The first-order valence-corrected chi connectivity index (χ1v) is 3.87. The average Bonchev–Trinajstić information content (AvgIpc) is 2.36. The summed E-state index contributed by atoms with van der Waals surface area (Å²) >= 11 is 1.61. The van der Waals surface area contributed by atoms with Gasteiger partial charge in [-0.05, 0) is 12.1 Å². The van der Waals surface area contributed by atoms with Gasteiger partial charge in [-0.25, -0.2) is 4.68 Å². The van der Waals surface area contributed by atoms with Crippen molar-refractivity contribution in [1.82, 2.24) is 4.68 Å². The first kappa shape index (κ1) is 5.85. The zero-order chi connectivity index (χ0) is 6.97. The molecule has 0 bridgehead atoms. The molecule has 0 saturated carbocycles. The quantitative estimate of drug-likeness (QED) is 0.580. The van der Waals surface area contributed by atoms with Gasteiger partial charge in [-0.15, -0.1) is 0 Å². The van der Waals surface area contributed by atoms with Crippen LogP contribution in [0, 0.1) is 6.07 Å². The van der Waals surface area contributed by atoms with E-state index in [-0.39, 0.29) is 5.56 Å². The molecule has 2 rings (SSSR count). The predicted molar refractivity (Wildman–Crippen MR) is 39.6 cm³/mol. The fourth-order valence-electron chi connectivity index (χ4n) is 0.857. The van der Waals surface area contributed by atoms with Crippen molar-refractivity contribution in [1.29, 1.82) is 0 Å². The fraction of sp³-hybridized carbons (Fsp3) is 0.167. The third kappa shape index (κ3) is 0.724. The molecule has 0 saturated heterocycles. The number of thioether (sulfide) groups is 1. The van der Waals surface area contributed by atoms with Gasteiger partial charge in [0.15, 0.2) is 0 Å². The molecule has 0 atom stereocenters. The maximum absolute atomic E-state index is 10.9. The van der Waals surface area contributed by atoms with Crippen LogP contribution in [0.5, 0.6) is 0 Å². The molecule has 51 valence electrons. The topological polar surface area (TPSA) is 34.0 Å². The minimum Gasteiger partial charge on any atom is -0.312 e. The van der Waals surface area contributed by atoms with Gasteiger partial charge in [-0.1, -0.05) is 11.8 Å². The predicted octanol–water partition coefficient (Wildman–Crippen LogP) is 0.255. The second-order valence-electron chi connectivity index (χ2n) is 1.90. The highest BCUT2D eigenvalue weighted by Crippen LogP contribution is 2.18. The van der Waals surface area contributed by atoms with Gasteiger partial charge in [0.25, 0.3) is 5.56 Å². The van der Waals surface area contributed by atoms with Crippen molar-refractivity contribution in [3.8, 4) is 0 Å². The first-order valence-electron chi connectivity index (χ1n) is 2.88. The summed E-state index contributed by atoms with van der Waals surface area (Å²) in [5.74, 6) is 0.771. The average molecular weight is 153 g/mol.